The van der Waals surface area contributed by atoms with Crippen molar-refractivity contribution in [3.63, 3.8) is 0 Å². The number of carbonyl (C=O) groups is 1. The summed E-state index contributed by atoms with van der Waals surface area (Å²) < 4.78 is 5.28. The number of hydrogen-bond donors (Lipinski definition) is 3. The summed E-state index contributed by atoms with van der Waals surface area (Å²) in [6.07, 6.45) is 2.18. The van der Waals surface area contributed by atoms with Gasteiger partial charge < -0.3 is 20.1 Å². The third kappa shape index (κ3) is 3.70. The first kappa shape index (κ1) is 15.1. The van der Waals surface area contributed by atoms with Crippen LogP contribution in [0.25, 0.3) is 10.9 Å². The number of rotatable bonds is 6. The summed E-state index contributed by atoms with van der Waals surface area (Å²) in [4.78, 5) is 15.4. The Bertz CT molecular complexity index is 793. The zero-order valence-electron chi connectivity index (χ0n) is 12.6. The first-order valence-corrected chi connectivity index (χ1v) is 7.45. The maximum absolute atomic E-state index is 12.2. The van der Waals surface area contributed by atoms with E-state index in [2.05, 4.69) is 10.3 Å². The highest BCUT2D eigenvalue weighted by Crippen LogP contribution is 2.19. The Labute approximate surface area is 133 Å². The lowest BCUT2D eigenvalue weighted by molar-refractivity contribution is -0.115. The molecule has 5 nitrogen and oxygen atoms in total. The quantitative estimate of drug-likeness (QED) is 0.655. The van der Waals surface area contributed by atoms with Crippen LogP contribution >= 0.6 is 0 Å². The molecule has 0 atom stereocenters. The topological polar surface area (TPSA) is 74.4 Å². The summed E-state index contributed by atoms with van der Waals surface area (Å²) in [7, 11) is 0. The van der Waals surface area contributed by atoms with Gasteiger partial charge in [0.05, 0.1) is 13.0 Å². The van der Waals surface area contributed by atoms with Crippen molar-refractivity contribution in [2.24, 2.45) is 0 Å². The molecule has 0 spiro atoms. The molecule has 0 saturated carbocycles. The van der Waals surface area contributed by atoms with Gasteiger partial charge in [-0.25, -0.2) is 0 Å². The molecule has 3 aromatic rings. The third-order valence-corrected chi connectivity index (χ3v) is 3.52. The lowest BCUT2D eigenvalue weighted by Gasteiger charge is -2.07. The second kappa shape index (κ2) is 6.98. The molecule has 2 aromatic carbocycles. The third-order valence-electron chi connectivity index (χ3n) is 3.52. The van der Waals surface area contributed by atoms with Gasteiger partial charge in [0.15, 0.2) is 0 Å². The number of hydrogen-bond acceptors (Lipinski definition) is 3. The predicted octanol–water partition coefficient (Wildman–Crippen LogP) is 2.72. The molecule has 0 aliphatic heterocycles. The van der Waals surface area contributed by atoms with Gasteiger partial charge in [0.1, 0.15) is 12.4 Å². The summed E-state index contributed by atoms with van der Waals surface area (Å²) in [5.41, 5.74) is 2.72. The molecule has 0 aliphatic carbocycles. The Kier molecular flexibility index (Phi) is 4.59. The fraction of sp³-hybridized carbons (Fsp3) is 0.167. The second-order valence-electron chi connectivity index (χ2n) is 5.18. The van der Waals surface area contributed by atoms with E-state index < -0.39 is 0 Å². The molecular weight excluding hydrogens is 292 g/mol. The van der Waals surface area contributed by atoms with E-state index >= 15 is 0 Å². The number of aromatic amines is 1. The standard InChI is InChI=1S/C18H18N2O3/c21-9-10-23-15-7-5-14(6-8-15)20-18(22)11-13-12-19-17-4-2-1-3-16(13)17/h1-8,12,19,21H,9-11H2,(H,20,22). The Hall–Kier alpha value is -2.79. The minimum Gasteiger partial charge on any atom is -0.491 e. The number of benzene rings is 2. The van der Waals surface area contributed by atoms with Crippen LogP contribution in [-0.4, -0.2) is 29.2 Å². The van der Waals surface area contributed by atoms with Crippen molar-refractivity contribution in [2.75, 3.05) is 18.5 Å². The summed E-state index contributed by atoms with van der Waals surface area (Å²) in [6, 6.07) is 15.0. The fourth-order valence-corrected chi connectivity index (χ4v) is 2.45. The number of H-pyrrole nitrogens is 1. The number of carbonyl (C=O) groups excluding carboxylic acids is 1. The Morgan fingerprint density at radius 2 is 1.91 bits per heavy atom. The van der Waals surface area contributed by atoms with Gasteiger partial charge in [0, 0.05) is 22.8 Å². The summed E-state index contributed by atoms with van der Waals surface area (Å²) in [5.74, 6) is 0.590. The zero-order chi connectivity index (χ0) is 16.1. The van der Waals surface area contributed by atoms with Crippen LogP contribution in [-0.2, 0) is 11.2 Å². The molecule has 3 rings (SSSR count). The highest BCUT2D eigenvalue weighted by atomic mass is 16.5. The molecule has 0 fully saturated rings. The van der Waals surface area contributed by atoms with Crippen molar-refractivity contribution in [1.82, 2.24) is 4.98 Å². The molecule has 23 heavy (non-hydrogen) atoms. The van der Waals surface area contributed by atoms with Crippen LogP contribution in [0.4, 0.5) is 5.69 Å². The highest BCUT2D eigenvalue weighted by Gasteiger charge is 2.09. The summed E-state index contributed by atoms with van der Waals surface area (Å²) in [5, 5.41) is 12.6. The minimum atomic E-state index is -0.0706. The van der Waals surface area contributed by atoms with E-state index in [0.29, 0.717) is 17.9 Å². The lowest BCUT2D eigenvalue weighted by Crippen LogP contribution is -2.14. The smallest absolute Gasteiger partial charge is 0.228 e. The van der Waals surface area contributed by atoms with Gasteiger partial charge in [-0.3, -0.25) is 4.79 Å². The first-order valence-electron chi connectivity index (χ1n) is 7.45. The van der Waals surface area contributed by atoms with E-state index in [4.69, 9.17) is 9.84 Å². The van der Waals surface area contributed by atoms with E-state index in [1.165, 1.54) is 0 Å². The molecule has 0 unspecified atom stereocenters. The monoisotopic (exact) mass is 310 g/mol. The molecule has 1 heterocycles. The number of ether oxygens (including phenoxy) is 1. The predicted molar refractivity (Wildman–Crippen MR) is 89.7 cm³/mol. The maximum atomic E-state index is 12.2. The number of para-hydroxylation sites is 1. The Morgan fingerprint density at radius 3 is 2.70 bits per heavy atom. The molecule has 118 valence electrons. The van der Waals surface area contributed by atoms with Crippen LogP contribution in [0.3, 0.4) is 0 Å². The van der Waals surface area contributed by atoms with Gasteiger partial charge in [-0.15, -0.1) is 0 Å². The van der Waals surface area contributed by atoms with Gasteiger partial charge in [-0.2, -0.15) is 0 Å². The molecule has 0 radical (unpaired) electrons. The van der Waals surface area contributed by atoms with Crippen LogP contribution in [0.1, 0.15) is 5.56 Å². The Morgan fingerprint density at radius 1 is 1.13 bits per heavy atom. The molecule has 3 N–H and O–H groups in total. The van der Waals surface area contributed by atoms with Gasteiger partial charge >= 0.3 is 0 Å². The van der Waals surface area contributed by atoms with Crippen LogP contribution in [0.2, 0.25) is 0 Å². The van der Waals surface area contributed by atoms with Gasteiger partial charge in [-0.1, -0.05) is 18.2 Å². The molecule has 0 bridgehead atoms. The molecule has 0 saturated heterocycles. The average Bonchev–Trinajstić information content (AvgIpc) is 2.97. The fourth-order valence-electron chi connectivity index (χ4n) is 2.45. The van der Waals surface area contributed by atoms with E-state index in [1.807, 2.05) is 30.5 Å². The number of amides is 1. The number of aliphatic hydroxyl groups excluding tert-OH is 1. The summed E-state index contributed by atoms with van der Waals surface area (Å²) >= 11 is 0. The van der Waals surface area contributed by atoms with E-state index in [1.54, 1.807) is 24.3 Å². The number of anilines is 1. The number of fused-ring (bicyclic) bond motifs is 1. The molecular formula is C18H18N2O3. The van der Waals surface area contributed by atoms with Crippen LogP contribution in [0, 0.1) is 0 Å². The van der Waals surface area contributed by atoms with Crippen molar-refractivity contribution >= 4 is 22.5 Å². The van der Waals surface area contributed by atoms with E-state index in [-0.39, 0.29) is 19.1 Å². The van der Waals surface area contributed by atoms with Gasteiger partial charge in [-0.05, 0) is 35.9 Å². The number of nitrogens with one attached hydrogen (secondary N) is 2. The van der Waals surface area contributed by atoms with Crippen molar-refractivity contribution in [3.8, 4) is 5.75 Å². The van der Waals surface area contributed by atoms with Crippen molar-refractivity contribution in [3.05, 3.63) is 60.3 Å². The molecule has 1 aromatic heterocycles. The van der Waals surface area contributed by atoms with Crippen molar-refractivity contribution < 1.29 is 14.6 Å². The van der Waals surface area contributed by atoms with Gasteiger partial charge in [0.25, 0.3) is 0 Å². The maximum Gasteiger partial charge on any atom is 0.228 e. The minimum absolute atomic E-state index is 0.0247. The zero-order valence-corrected chi connectivity index (χ0v) is 12.6. The second-order valence-corrected chi connectivity index (χ2v) is 5.18. The molecule has 0 aliphatic rings. The largest absolute Gasteiger partial charge is 0.491 e. The number of aliphatic hydroxyl groups is 1. The summed E-state index contributed by atoms with van der Waals surface area (Å²) in [6.45, 7) is 0.232. The number of aromatic nitrogens is 1. The van der Waals surface area contributed by atoms with Crippen LogP contribution < -0.4 is 10.1 Å². The molecule has 1 amide bonds. The van der Waals surface area contributed by atoms with Crippen molar-refractivity contribution in [1.29, 1.82) is 0 Å². The van der Waals surface area contributed by atoms with Crippen LogP contribution in [0.15, 0.2) is 54.7 Å². The lowest BCUT2D eigenvalue weighted by atomic mass is 10.1. The average molecular weight is 310 g/mol. The first-order chi connectivity index (χ1) is 11.3. The molecule has 5 heteroatoms. The van der Waals surface area contributed by atoms with Crippen LogP contribution in [0.5, 0.6) is 5.75 Å². The van der Waals surface area contributed by atoms with E-state index in [9.17, 15) is 4.79 Å². The SMILES string of the molecule is O=C(Cc1c[nH]c2ccccc12)Nc1ccc(OCCO)cc1. The van der Waals surface area contributed by atoms with Gasteiger partial charge in [0.2, 0.25) is 5.91 Å². The van der Waals surface area contributed by atoms with E-state index in [0.717, 1.165) is 16.5 Å². The normalized spacial score (nSPS) is 10.7. The highest BCUT2D eigenvalue weighted by molar-refractivity contribution is 5.95. The Balaban J connectivity index is 1.63. The van der Waals surface area contributed by atoms with Crippen molar-refractivity contribution in [2.45, 2.75) is 6.42 Å².